The van der Waals surface area contributed by atoms with Gasteiger partial charge in [0.1, 0.15) is 11.6 Å². The maximum Gasteiger partial charge on any atom is 0.150 e. The van der Waals surface area contributed by atoms with Gasteiger partial charge in [-0.05, 0) is 49.9 Å². The number of fused-ring (bicyclic) bond motifs is 3. The van der Waals surface area contributed by atoms with E-state index in [1.54, 1.807) is 0 Å². The summed E-state index contributed by atoms with van der Waals surface area (Å²) < 4.78 is 0. The quantitative estimate of drug-likeness (QED) is 0.647. The van der Waals surface area contributed by atoms with Gasteiger partial charge in [0.25, 0.3) is 0 Å². The van der Waals surface area contributed by atoms with Gasteiger partial charge in [0.2, 0.25) is 0 Å². The van der Waals surface area contributed by atoms with Crippen LogP contribution in [0.5, 0.6) is 0 Å². The third-order valence-electron chi connectivity index (χ3n) is 6.82. The first-order chi connectivity index (χ1) is 12.7. The highest BCUT2D eigenvalue weighted by Gasteiger charge is 2.37. The summed E-state index contributed by atoms with van der Waals surface area (Å²) in [4.78, 5) is 25.6. The average Bonchev–Trinajstić information content (AvgIpc) is 2.89. The normalized spacial score (nSPS) is 38.1. The van der Waals surface area contributed by atoms with Crippen molar-refractivity contribution in [3.05, 3.63) is 0 Å². The molecular formula is C21H35NO2S2. The summed E-state index contributed by atoms with van der Waals surface area (Å²) in [6.07, 6.45) is 10.6. The Morgan fingerprint density at radius 3 is 2.54 bits per heavy atom. The van der Waals surface area contributed by atoms with Crippen molar-refractivity contribution < 1.29 is 9.59 Å². The molecule has 1 N–H and O–H groups in total. The van der Waals surface area contributed by atoms with E-state index in [1.807, 2.05) is 21.6 Å². The monoisotopic (exact) mass is 397 g/mol. The standard InChI is InChI=1S/C21H35NO2S2/c1-2-16-8-5-9-18-14-26-25-13-15-6-3-4-7-17(10-15)19(23)11-22-12-20(24)21(16)18/h15-18,21-22H,2-14H2,1H3. The highest BCUT2D eigenvalue weighted by Crippen LogP contribution is 2.42. The molecular weight excluding hydrogens is 362 g/mol. The van der Waals surface area contributed by atoms with Gasteiger partial charge >= 0.3 is 0 Å². The molecule has 5 unspecified atom stereocenters. The van der Waals surface area contributed by atoms with Gasteiger partial charge in [-0.1, -0.05) is 54.2 Å². The maximum atomic E-state index is 13.0. The Labute approximate surface area is 167 Å². The van der Waals surface area contributed by atoms with Crippen molar-refractivity contribution in [3.8, 4) is 0 Å². The number of hydrogen-bond acceptors (Lipinski definition) is 5. The van der Waals surface area contributed by atoms with Crippen LogP contribution in [-0.2, 0) is 9.59 Å². The lowest BCUT2D eigenvalue weighted by atomic mass is 9.69. The summed E-state index contributed by atoms with van der Waals surface area (Å²) in [5, 5.41) is 3.23. The zero-order valence-electron chi connectivity index (χ0n) is 16.2. The summed E-state index contributed by atoms with van der Waals surface area (Å²) in [5.74, 6) is 5.17. The summed E-state index contributed by atoms with van der Waals surface area (Å²) in [6.45, 7) is 3.01. The second kappa shape index (κ2) is 10.5. The highest BCUT2D eigenvalue weighted by atomic mass is 33.1. The van der Waals surface area contributed by atoms with Gasteiger partial charge in [0.15, 0.2) is 0 Å². The van der Waals surface area contributed by atoms with Crippen LogP contribution in [0.1, 0.15) is 64.7 Å². The molecule has 0 spiro atoms. The molecule has 0 aromatic rings. The van der Waals surface area contributed by atoms with Crippen LogP contribution in [0.2, 0.25) is 0 Å². The third kappa shape index (κ3) is 5.51. The zero-order chi connectivity index (χ0) is 18.4. The SMILES string of the molecule is CCC1CCCC2CSSCC3CCCCC(C3)C(=O)CNCC(=O)C12. The second-order valence-corrected chi connectivity index (χ2v) is 11.1. The molecule has 0 radical (unpaired) electrons. The minimum atomic E-state index is 0.203. The Kier molecular flexibility index (Phi) is 8.39. The molecule has 3 aliphatic rings. The van der Waals surface area contributed by atoms with Crippen molar-refractivity contribution in [2.75, 3.05) is 24.6 Å². The van der Waals surface area contributed by atoms with Crippen LogP contribution in [0.4, 0.5) is 0 Å². The number of hydrogen-bond donors (Lipinski definition) is 1. The Balaban J connectivity index is 1.69. The van der Waals surface area contributed by atoms with Gasteiger partial charge in [-0.2, -0.15) is 0 Å². The molecule has 2 saturated carbocycles. The molecule has 2 aliphatic carbocycles. The zero-order valence-corrected chi connectivity index (χ0v) is 17.8. The summed E-state index contributed by atoms with van der Waals surface area (Å²) in [5.41, 5.74) is 0. The molecule has 0 aromatic carbocycles. The number of rotatable bonds is 1. The molecule has 1 heterocycles. The van der Waals surface area contributed by atoms with Gasteiger partial charge in [-0.3, -0.25) is 9.59 Å². The lowest BCUT2D eigenvalue weighted by molar-refractivity contribution is -0.127. The first kappa shape index (κ1) is 20.7. The number of ketones is 2. The molecule has 3 nitrogen and oxygen atoms in total. The van der Waals surface area contributed by atoms with Crippen molar-refractivity contribution in [1.82, 2.24) is 5.32 Å². The molecule has 3 rings (SSSR count). The van der Waals surface area contributed by atoms with E-state index in [9.17, 15) is 9.59 Å². The van der Waals surface area contributed by atoms with Crippen LogP contribution in [0.15, 0.2) is 0 Å². The second-order valence-electron chi connectivity index (χ2n) is 8.57. The fourth-order valence-electron chi connectivity index (χ4n) is 5.31. The smallest absolute Gasteiger partial charge is 0.150 e. The fraction of sp³-hybridized carbons (Fsp3) is 0.905. The predicted octanol–water partition coefficient (Wildman–Crippen LogP) is 4.75. The van der Waals surface area contributed by atoms with E-state index < -0.39 is 0 Å². The number of nitrogens with one attached hydrogen (secondary N) is 1. The predicted molar refractivity (Wildman–Crippen MR) is 112 cm³/mol. The molecule has 2 bridgehead atoms. The van der Waals surface area contributed by atoms with E-state index in [0.29, 0.717) is 42.4 Å². The van der Waals surface area contributed by atoms with Crippen LogP contribution in [0.3, 0.4) is 0 Å². The Hall–Kier alpha value is -0.0000000000000000555. The van der Waals surface area contributed by atoms with E-state index in [0.717, 1.165) is 25.0 Å². The van der Waals surface area contributed by atoms with Crippen LogP contribution in [0.25, 0.3) is 0 Å². The molecule has 5 heteroatoms. The Morgan fingerprint density at radius 1 is 0.923 bits per heavy atom. The molecule has 3 fully saturated rings. The maximum absolute atomic E-state index is 13.0. The fourth-order valence-corrected chi connectivity index (χ4v) is 8.23. The van der Waals surface area contributed by atoms with E-state index in [-0.39, 0.29) is 11.8 Å². The number of carbonyl (C=O) groups is 2. The van der Waals surface area contributed by atoms with Crippen LogP contribution in [0, 0.1) is 29.6 Å². The van der Waals surface area contributed by atoms with Crippen molar-refractivity contribution in [2.45, 2.75) is 64.7 Å². The number of Topliss-reactive ketones (excluding diaryl/α,β-unsaturated/α-hetero) is 2. The summed E-state index contributed by atoms with van der Waals surface area (Å²) in [6, 6.07) is 0. The lowest BCUT2D eigenvalue weighted by Crippen LogP contribution is -2.41. The Bertz CT molecular complexity index is 485. The van der Waals surface area contributed by atoms with Gasteiger partial charge < -0.3 is 5.32 Å². The van der Waals surface area contributed by atoms with E-state index in [4.69, 9.17) is 0 Å². The van der Waals surface area contributed by atoms with Gasteiger partial charge in [0.05, 0.1) is 13.1 Å². The van der Waals surface area contributed by atoms with E-state index in [1.165, 1.54) is 44.3 Å². The van der Waals surface area contributed by atoms with Gasteiger partial charge in [0, 0.05) is 23.3 Å². The summed E-state index contributed by atoms with van der Waals surface area (Å²) in [7, 11) is 3.99. The van der Waals surface area contributed by atoms with Crippen molar-refractivity contribution >= 4 is 33.2 Å². The third-order valence-corrected chi connectivity index (χ3v) is 9.47. The number of carbonyl (C=O) groups excluding carboxylic acids is 2. The first-order valence-electron chi connectivity index (χ1n) is 10.7. The summed E-state index contributed by atoms with van der Waals surface area (Å²) >= 11 is 0. The minimum Gasteiger partial charge on any atom is -0.303 e. The largest absolute Gasteiger partial charge is 0.303 e. The molecule has 148 valence electrons. The van der Waals surface area contributed by atoms with Crippen LogP contribution in [-0.4, -0.2) is 36.2 Å². The topological polar surface area (TPSA) is 46.2 Å². The van der Waals surface area contributed by atoms with Gasteiger partial charge in [-0.25, -0.2) is 0 Å². The molecule has 1 saturated heterocycles. The first-order valence-corrected chi connectivity index (χ1v) is 13.2. The van der Waals surface area contributed by atoms with Crippen LogP contribution >= 0.6 is 21.6 Å². The van der Waals surface area contributed by atoms with Crippen LogP contribution < -0.4 is 5.32 Å². The van der Waals surface area contributed by atoms with Crippen molar-refractivity contribution in [2.24, 2.45) is 29.6 Å². The van der Waals surface area contributed by atoms with Gasteiger partial charge in [-0.15, -0.1) is 0 Å². The molecule has 0 amide bonds. The highest BCUT2D eigenvalue weighted by molar-refractivity contribution is 8.76. The van der Waals surface area contributed by atoms with E-state index >= 15 is 0 Å². The molecule has 1 aliphatic heterocycles. The molecule has 0 aromatic heterocycles. The van der Waals surface area contributed by atoms with Crippen molar-refractivity contribution in [3.63, 3.8) is 0 Å². The van der Waals surface area contributed by atoms with Crippen molar-refractivity contribution in [1.29, 1.82) is 0 Å². The van der Waals surface area contributed by atoms with E-state index in [2.05, 4.69) is 12.2 Å². The average molecular weight is 398 g/mol. The lowest BCUT2D eigenvalue weighted by Gasteiger charge is -2.37. The molecule has 26 heavy (non-hydrogen) atoms. The Morgan fingerprint density at radius 2 is 1.69 bits per heavy atom. The minimum absolute atomic E-state index is 0.203. The molecule has 5 atom stereocenters.